The van der Waals surface area contributed by atoms with Crippen LogP contribution < -0.4 is 4.90 Å². The fourth-order valence-corrected chi connectivity index (χ4v) is 5.24. The van der Waals surface area contributed by atoms with E-state index in [1.807, 2.05) is 44.2 Å². The Balaban J connectivity index is 1.59. The first-order valence-corrected chi connectivity index (χ1v) is 12.4. The maximum atomic E-state index is 14.1. The Morgan fingerprint density at radius 1 is 1.14 bits per heavy atom. The summed E-state index contributed by atoms with van der Waals surface area (Å²) in [6, 6.07) is 9.17. The van der Waals surface area contributed by atoms with Crippen LogP contribution in [0.25, 0.3) is 11.2 Å². The zero-order chi connectivity index (χ0) is 25.1. The van der Waals surface area contributed by atoms with Gasteiger partial charge in [-0.25, -0.2) is 4.98 Å². The number of hydrogen-bond donors (Lipinski definition) is 0. The van der Waals surface area contributed by atoms with E-state index in [4.69, 9.17) is 26.4 Å². The number of carbonyl (C=O) groups is 1. The second kappa shape index (κ2) is 8.53. The van der Waals surface area contributed by atoms with Gasteiger partial charge in [0.1, 0.15) is 11.9 Å². The van der Waals surface area contributed by atoms with Crippen molar-refractivity contribution in [2.45, 2.75) is 46.2 Å². The topological polar surface area (TPSA) is 90.4 Å². The third-order valence-electron chi connectivity index (χ3n) is 6.78. The third-order valence-corrected chi connectivity index (χ3v) is 7.04. The van der Waals surface area contributed by atoms with Gasteiger partial charge in [0.2, 0.25) is 0 Å². The molecular formula is C26H26ClN7O2. The van der Waals surface area contributed by atoms with Gasteiger partial charge in [0.05, 0.1) is 18.9 Å². The Bertz CT molecular complexity index is 1530. The molecule has 0 spiro atoms. The van der Waals surface area contributed by atoms with Gasteiger partial charge in [-0.15, -0.1) is 15.3 Å². The number of fused-ring (bicyclic) bond motifs is 2. The molecule has 2 aliphatic rings. The van der Waals surface area contributed by atoms with Gasteiger partial charge in [0, 0.05) is 11.1 Å². The Kier molecular flexibility index (Phi) is 5.42. The Hall–Kier alpha value is -3.56. The zero-order valence-electron chi connectivity index (χ0n) is 20.6. The lowest BCUT2D eigenvalue weighted by Crippen LogP contribution is -2.32. The summed E-state index contributed by atoms with van der Waals surface area (Å²) in [6.07, 6.45) is 2.82. The van der Waals surface area contributed by atoms with E-state index in [0.29, 0.717) is 41.2 Å². The summed E-state index contributed by atoms with van der Waals surface area (Å²) >= 11 is 6.23. The number of imidazole rings is 1. The second-order valence-electron chi connectivity index (χ2n) is 9.48. The molecule has 1 atom stereocenters. The molecule has 10 heteroatoms. The van der Waals surface area contributed by atoms with E-state index in [1.165, 1.54) is 0 Å². The molecule has 5 heterocycles. The van der Waals surface area contributed by atoms with Crippen LogP contribution in [0, 0.1) is 13.8 Å². The maximum Gasteiger partial charge on any atom is 0.280 e. The van der Waals surface area contributed by atoms with Crippen molar-refractivity contribution < 1.29 is 9.53 Å². The lowest BCUT2D eigenvalue weighted by Gasteiger charge is -2.28. The zero-order valence-corrected chi connectivity index (χ0v) is 21.3. The number of nitrogens with zero attached hydrogens (tertiary/aromatic N) is 7. The van der Waals surface area contributed by atoms with Crippen molar-refractivity contribution in [3.63, 3.8) is 0 Å². The second-order valence-corrected chi connectivity index (χ2v) is 9.92. The Morgan fingerprint density at radius 2 is 1.92 bits per heavy atom. The molecule has 0 fully saturated rings. The predicted molar refractivity (Wildman–Crippen MR) is 136 cm³/mol. The monoisotopic (exact) mass is 503 g/mol. The first-order chi connectivity index (χ1) is 17.3. The number of aromatic nitrogens is 6. The van der Waals surface area contributed by atoms with E-state index in [-0.39, 0.29) is 11.9 Å². The molecule has 4 aromatic rings. The van der Waals surface area contributed by atoms with Crippen LogP contribution in [-0.2, 0) is 4.74 Å². The lowest BCUT2D eigenvalue weighted by molar-refractivity contribution is 0.0988. The number of ether oxygens (including phenoxy) is 1. The van der Waals surface area contributed by atoms with Gasteiger partial charge in [-0.05, 0) is 69.0 Å². The molecule has 0 saturated heterocycles. The van der Waals surface area contributed by atoms with E-state index in [2.05, 4.69) is 34.7 Å². The molecule has 3 aromatic heterocycles. The van der Waals surface area contributed by atoms with Gasteiger partial charge < -0.3 is 9.30 Å². The average molecular weight is 504 g/mol. The van der Waals surface area contributed by atoms with Gasteiger partial charge in [0.15, 0.2) is 23.0 Å². The summed E-state index contributed by atoms with van der Waals surface area (Å²) in [5, 5.41) is 13.8. The van der Waals surface area contributed by atoms with Crippen molar-refractivity contribution in [1.29, 1.82) is 0 Å². The molecule has 6 rings (SSSR count). The molecule has 184 valence electrons. The number of aryl methyl sites for hydroxylation is 2. The largest absolute Gasteiger partial charge is 0.377 e. The van der Waals surface area contributed by atoms with Crippen molar-refractivity contribution in [2.75, 3.05) is 18.1 Å². The standard InChI is InChI=1S/C26H26ClN7O2/c1-14(2)32-23-21(28-25(32)18-9-11-36-12-10-18)26(35)33(22(23)17-5-7-19(27)8-6-17)20-13-15(3)24-30-29-16(4)34(24)31-20/h5-9,13-14,22H,10-12H2,1-4H3/t22-/m1/s1. The van der Waals surface area contributed by atoms with Crippen molar-refractivity contribution in [2.24, 2.45) is 0 Å². The first-order valence-electron chi connectivity index (χ1n) is 12.0. The summed E-state index contributed by atoms with van der Waals surface area (Å²) in [6.45, 7) is 9.22. The van der Waals surface area contributed by atoms with Gasteiger partial charge >= 0.3 is 0 Å². The van der Waals surface area contributed by atoms with Gasteiger partial charge in [0.25, 0.3) is 5.91 Å². The number of amides is 1. The number of anilines is 1. The fourth-order valence-electron chi connectivity index (χ4n) is 5.12. The molecule has 0 aliphatic carbocycles. The molecule has 0 bridgehead atoms. The Labute approximate surface area is 213 Å². The molecule has 0 N–H and O–H groups in total. The number of carbonyl (C=O) groups excluding carboxylic acids is 1. The quantitative estimate of drug-likeness (QED) is 0.400. The molecule has 9 nitrogen and oxygen atoms in total. The molecule has 0 saturated carbocycles. The summed E-state index contributed by atoms with van der Waals surface area (Å²) in [4.78, 5) is 20.8. The minimum atomic E-state index is -0.421. The van der Waals surface area contributed by atoms with Crippen LogP contribution in [0.15, 0.2) is 36.4 Å². The van der Waals surface area contributed by atoms with Gasteiger partial charge in [-0.1, -0.05) is 29.8 Å². The third kappa shape index (κ3) is 3.45. The minimum Gasteiger partial charge on any atom is -0.377 e. The highest BCUT2D eigenvalue weighted by molar-refractivity contribution is 6.30. The highest BCUT2D eigenvalue weighted by Gasteiger charge is 2.45. The highest BCUT2D eigenvalue weighted by Crippen LogP contribution is 2.44. The van der Waals surface area contributed by atoms with E-state index in [0.717, 1.165) is 34.6 Å². The van der Waals surface area contributed by atoms with Crippen molar-refractivity contribution in [1.82, 2.24) is 29.4 Å². The smallest absolute Gasteiger partial charge is 0.280 e. The minimum absolute atomic E-state index is 0.0832. The van der Waals surface area contributed by atoms with Crippen LogP contribution in [0.4, 0.5) is 5.82 Å². The molecule has 36 heavy (non-hydrogen) atoms. The SMILES string of the molecule is Cc1cc(N2C(=O)c3nc(C4=CCOCC4)n(C(C)C)c3[C@H]2c2ccc(Cl)cc2)nn2c(C)nnc12. The molecule has 0 radical (unpaired) electrons. The Morgan fingerprint density at radius 3 is 2.61 bits per heavy atom. The van der Waals surface area contributed by atoms with Crippen LogP contribution in [0.5, 0.6) is 0 Å². The van der Waals surface area contributed by atoms with E-state index >= 15 is 0 Å². The van der Waals surface area contributed by atoms with Crippen LogP contribution in [-0.4, -0.2) is 48.5 Å². The predicted octanol–water partition coefficient (Wildman–Crippen LogP) is 4.73. The van der Waals surface area contributed by atoms with E-state index < -0.39 is 6.04 Å². The molecular weight excluding hydrogens is 478 g/mol. The summed E-state index contributed by atoms with van der Waals surface area (Å²) in [7, 11) is 0. The maximum absolute atomic E-state index is 14.1. The van der Waals surface area contributed by atoms with Crippen molar-refractivity contribution in [3.05, 3.63) is 75.6 Å². The van der Waals surface area contributed by atoms with Crippen LogP contribution in [0.1, 0.15) is 71.3 Å². The lowest BCUT2D eigenvalue weighted by atomic mass is 10.0. The highest BCUT2D eigenvalue weighted by atomic mass is 35.5. The van der Waals surface area contributed by atoms with Gasteiger partial charge in [-0.2, -0.15) is 4.52 Å². The van der Waals surface area contributed by atoms with E-state index in [1.54, 1.807) is 9.42 Å². The molecule has 2 aliphatic heterocycles. The van der Waals surface area contributed by atoms with Crippen molar-refractivity contribution >= 4 is 34.5 Å². The van der Waals surface area contributed by atoms with Crippen LogP contribution >= 0.6 is 11.6 Å². The summed E-state index contributed by atoms with van der Waals surface area (Å²) in [5.74, 6) is 1.82. The number of hydrogen-bond acceptors (Lipinski definition) is 6. The summed E-state index contributed by atoms with van der Waals surface area (Å²) in [5.41, 5.74) is 4.90. The number of halogens is 1. The molecule has 0 unspecified atom stereocenters. The van der Waals surface area contributed by atoms with E-state index in [9.17, 15) is 4.79 Å². The van der Waals surface area contributed by atoms with Crippen molar-refractivity contribution in [3.8, 4) is 0 Å². The number of rotatable bonds is 4. The van der Waals surface area contributed by atoms with Crippen LogP contribution in [0.2, 0.25) is 5.02 Å². The normalized spacial score (nSPS) is 17.8. The average Bonchev–Trinajstić information content (AvgIpc) is 3.52. The first kappa shape index (κ1) is 22.9. The molecule has 1 aromatic carbocycles. The number of benzene rings is 1. The summed E-state index contributed by atoms with van der Waals surface area (Å²) < 4.78 is 9.40. The van der Waals surface area contributed by atoms with Gasteiger partial charge in [-0.3, -0.25) is 9.69 Å². The molecule has 1 amide bonds. The fraction of sp³-hybridized carbons (Fsp3) is 0.346. The van der Waals surface area contributed by atoms with Crippen LogP contribution in [0.3, 0.4) is 0 Å².